The van der Waals surface area contributed by atoms with Crippen LogP contribution >= 0.6 is 0 Å². The van der Waals surface area contributed by atoms with Crippen LogP contribution in [0.3, 0.4) is 0 Å². The summed E-state index contributed by atoms with van der Waals surface area (Å²) in [6, 6.07) is 15.9. The number of carboxylic acid groups (broad SMARTS) is 1. The predicted octanol–water partition coefficient (Wildman–Crippen LogP) is 5.89. The molecule has 0 bridgehead atoms. The normalized spacial score (nSPS) is 18.6. The van der Waals surface area contributed by atoms with Crippen LogP contribution in [0.4, 0.5) is 0 Å². The third kappa shape index (κ3) is 8.16. The molecule has 3 atom stereocenters. The van der Waals surface area contributed by atoms with Gasteiger partial charge in [-0.25, -0.2) is 0 Å². The molecule has 7 heteroatoms. The van der Waals surface area contributed by atoms with Crippen molar-refractivity contribution in [1.29, 1.82) is 0 Å². The Morgan fingerprint density at radius 2 is 1.87 bits per heavy atom. The first-order valence-electron chi connectivity index (χ1n) is 14.1. The Morgan fingerprint density at radius 1 is 1.05 bits per heavy atom. The predicted molar refractivity (Wildman–Crippen MR) is 153 cm³/mol. The van der Waals surface area contributed by atoms with E-state index in [1.165, 1.54) is 5.56 Å². The topological polar surface area (TPSA) is 92.1 Å². The second-order valence-corrected chi connectivity index (χ2v) is 10.7. The third-order valence-electron chi connectivity index (χ3n) is 8.18. The van der Waals surface area contributed by atoms with Gasteiger partial charge in [-0.15, -0.1) is 0 Å². The van der Waals surface area contributed by atoms with Gasteiger partial charge in [-0.3, -0.25) is 9.78 Å². The van der Waals surface area contributed by atoms with Crippen molar-refractivity contribution in [2.24, 2.45) is 11.8 Å². The van der Waals surface area contributed by atoms with Gasteiger partial charge in [0.25, 0.3) is 0 Å². The highest BCUT2D eigenvalue weighted by Gasteiger charge is 2.30. The van der Waals surface area contributed by atoms with E-state index in [1.54, 1.807) is 20.4 Å². The van der Waals surface area contributed by atoms with Crippen LogP contribution in [0.25, 0.3) is 10.9 Å². The number of likely N-dealkylation sites (tertiary alicyclic amines) is 1. The summed E-state index contributed by atoms with van der Waals surface area (Å²) in [6.45, 7) is 3.00. The van der Waals surface area contributed by atoms with E-state index in [4.69, 9.17) is 9.47 Å². The van der Waals surface area contributed by atoms with Gasteiger partial charge in [-0.1, -0.05) is 12.1 Å². The molecule has 0 aliphatic carbocycles. The maximum absolute atomic E-state index is 11.4. The summed E-state index contributed by atoms with van der Waals surface area (Å²) in [5.74, 6) is 1.65. The van der Waals surface area contributed by atoms with E-state index in [0.29, 0.717) is 24.7 Å². The number of aliphatic carboxylic acids is 1. The minimum Gasteiger partial charge on any atom is -0.497 e. The molecule has 1 unspecified atom stereocenters. The molecular formula is C32H42N2O5. The van der Waals surface area contributed by atoms with Gasteiger partial charge in [0.15, 0.2) is 0 Å². The van der Waals surface area contributed by atoms with Crippen molar-refractivity contribution in [3.05, 3.63) is 65.9 Å². The number of hydrogen-bond acceptors (Lipinski definition) is 6. The summed E-state index contributed by atoms with van der Waals surface area (Å²) in [6.07, 6.45) is 7.85. The van der Waals surface area contributed by atoms with E-state index in [9.17, 15) is 15.0 Å². The van der Waals surface area contributed by atoms with Crippen molar-refractivity contribution < 1.29 is 24.5 Å². The fraction of sp³-hybridized carbons (Fsp3) is 0.500. The van der Waals surface area contributed by atoms with Crippen molar-refractivity contribution in [2.45, 2.75) is 57.5 Å². The molecule has 1 fully saturated rings. The van der Waals surface area contributed by atoms with E-state index >= 15 is 0 Å². The number of nitrogens with zero attached hydrogens (tertiary/aromatic N) is 2. The second-order valence-electron chi connectivity index (χ2n) is 10.7. The molecule has 3 aromatic rings. The van der Waals surface area contributed by atoms with Crippen molar-refractivity contribution >= 4 is 16.9 Å². The molecule has 2 N–H and O–H groups in total. The number of hydrogen-bond donors (Lipinski definition) is 2. The average Bonchev–Trinajstić information content (AvgIpc) is 2.96. The molecule has 1 aliphatic heterocycles. The quantitative estimate of drug-likeness (QED) is 0.249. The Morgan fingerprint density at radius 3 is 2.67 bits per heavy atom. The highest BCUT2D eigenvalue weighted by molar-refractivity contribution is 5.83. The van der Waals surface area contributed by atoms with Gasteiger partial charge in [0.1, 0.15) is 11.5 Å². The Kier molecular flexibility index (Phi) is 10.6. The summed E-state index contributed by atoms with van der Waals surface area (Å²) in [5, 5.41) is 21.4. The average molecular weight is 535 g/mol. The van der Waals surface area contributed by atoms with Crippen LogP contribution in [0.1, 0.15) is 62.2 Å². The number of carboxylic acids is 1. The Balaban J connectivity index is 1.31. The largest absolute Gasteiger partial charge is 0.497 e. The lowest BCUT2D eigenvalue weighted by Crippen LogP contribution is -2.41. The van der Waals surface area contributed by atoms with Crippen LogP contribution in [-0.2, 0) is 11.2 Å². The number of rotatable bonds is 14. The first-order chi connectivity index (χ1) is 19.0. The van der Waals surface area contributed by atoms with Gasteiger partial charge in [-0.2, -0.15) is 0 Å². The maximum atomic E-state index is 11.4. The lowest BCUT2D eigenvalue weighted by Gasteiger charge is -2.39. The number of aryl methyl sites for hydroxylation is 1. The monoisotopic (exact) mass is 534 g/mol. The Bertz CT molecular complexity index is 1220. The van der Waals surface area contributed by atoms with Gasteiger partial charge in [0.05, 0.1) is 25.8 Å². The van der Waals surface area contributed by atoms with Crippen LogP contribution in [0.15, 0.2) is 54.7 Å². The number of aliphatic hydroxyl groups excluding tert-OH is 1. The highest BCUT2D eigenvalue weighted by Crippen LogP contribution is 2.35. The Hall–Kier alpha value is -3.16. The van der Waals surface area contributed by atoms with E-state index in [1.807, 2.05) is 36.4 Å². The second kappa shape index (κ2) is 14.3. The molecule has 0 spiro atoms. The standard InChI is InChI=1S/C32H42N2O5/c1-38-26-8-5-7-23(20-26)6-3-4-18-34-19-16-24(25(22-34)10-14-32(36)37)9-13-31(35)28-15-17-33-30-12-11-27(39-2)21-29(28)30/h5,7-8,11-12,15,17,20-21,24-25,31,35H,3-4,6,9-10,13-14,16,18-19,22H2,1-2H3,(H,36,37)/t24-,25+,31?/m1/s1. The maximum Gasteiger partial charge on any atom is 0.303 e. The number of methoxy groups -OCH3 is 2. The zero-order valence-electron chi connectivity index (χ0n) is 23.2. The van der Waals surface area contributed by atoms with Crippen LogP contribution in [0.5, 0.6) is 11.5 Å². The van der Waals surface area contributed by atoms with Gasteiger partial charge < -0.3 is 24.6 Å². The molecule has 0 saturated carbocycles. The lowest BCUT2D eigenvalue weighted by molar-refractivity contribution is -0.137. The van der Waals surface area contributed by atoms with E-state index in [0.717, 1.165) is 79.7 Å². The fourth-order valence-corrected chi connectivity index (χ4v) is 5.96. The number of fused-ring (bicyclic) bond motifs is 1. The van der Waals surface area contributed by atoms with Gasteiger partial charge in [-0.05, 0) is 117 Å². The molecule has 1 saturated heterocycles. The third-order valence-corrected chi connectivity index (χ3v) is 8.18. The van der Waals surface area contributed by atoms with E-state index < -0.39 is 12.1 Å². The van der Waals surface area contributed by atoms with Crippen molar-refractivity contribution in [3.8, 4) is 11.5 Å². The summed E-state index contributed by atoms with van der Waals surface area (Å²) in [4.78, 5) is 18.3. The number of ether oxygens (including phenoxy) is 2. The molecule has 7 nitrogen and oxygen atoms in total. The first-order valence-corrected chi connectivity index (χ1v) is 14.1. The number of pyridine rings is 1. The molecule has 39 heavy (non-hydrogen) atoms. The zero-order chi connectivity index (χ0) is 27.6. The molecule has 2 heterocycles. The summed E-state index contributed by atoms with van der Waals surface area (Å²) >= 11 is 0. The minimum absolute atomic E-state index is 0.197. The number of carbonyl (C=O) groups is 1. The van der Waals surface area contributed by atoms with Gasteiger partial charge in [0.2, 0.25) is 0 Å². The molecule has 2 aromatic carbocycles. The summed E-state index contributed by atoms with van der Waals surface area (Å²) in [5.41, 5.74) is 3.01. The highest BCUT2D eigenvalue weighted by atomic mass is 16.5. The molecule has 4 rings (SSSR count). The Labute approximate surface area is 231 Å². The van der Waals surface area contributed by atoms with Crippen molar-refractivity contribution in [3.63, 3.8) is 0 Å². The number of aliphatic hydroxyl groups is 1. The van der Waals surface area contributed by atoms with Crippen LogP contribution in [0, 0.1) is 11.8 Å². The number of unbranched alkanes of at least 4 members (excludes halogenated alkanes) is 1. The first kappa shape index (κ1) is 28.8. The van der Waals surface area contributed by atoms with Crippen LogP contribution < -0.4 is 9.47 Å². The number of piperidine rings is 1. The van der Waals surface area contributed by atoms with Gasteiger partial charge in [0, 0.05) is 24.5 Å². The zero-order valence-corrected chi connectivity index (χ0v) is 23.2. The van der Waals surface area contributed by atoms with Crippen LogP contribution in [0.2, 0.25) is 0 Å². The SMILES string of the molecule is COc1cccc(CCCCN2CC[C@@H](CCC(O)c3ccnc4ccc(OC)cc34)[C@@H](CCC(=O)O)C2)c1. The lowest BCUT2D eigenvalue weighted by atomic mass is 9.79. The molecule has 0 amide bonds. The minimum atomic E-state index is -0.735. The van der Waals surface area contributed by atoms with E-state index in [-0.39, 0.29) is 6.42 Å². The molecule has 1 aromatic heterocycles. The van der Waals surface area contributed by atoms with Crippen molar-refractivity contribution in [1.82, 2.24) is 9.88 Å². The number of aromatic nitrogens is 1. The van der Waals surface area contributed by atoms with E-state index in [2.05, 4.69) is 22.0 Å². The molecule has 0 radical (unpaired) electrons. The molecular weight excluding hydrogens is 492 g/mol. The summed E-state index contributed by atoms with van der Waals surface area (Å²) in [7, 11) is 3.33. The van der Waals surface area contributed by atoms with Crippen LogP contribution in [-0.4, -0.2) is 59.9 Å². The van der Waals surface area contributed by atoms with Crippen molar-refractivity contribution in [2.75, 3.05) is 33.9 Å². The smallest absolute Gasteiger partial charge is 0.303 e. The van der Waals surface area contributed by atoms with Gasteiger partial charge >= 0.3 is 5.97 Å². The fourth-order valence-electron chi connectivity index (χ4n) is 5.96. The number of benzene rings is 2. The molecule has 210 valence electrons. The summed E-state index contributed by atoms with van der Waals surface area (Å²) < 4.78 is 10.7. The molecule has 1 aliphatic rings.